The average molecular weight is 178 g/mol. The first-order valence-corrected chi connectivity index (χ1v) is 4.18. The third kappa shape index (κ3) is 1.26. The average Bonchev–Trinajstić information content (AvgIpc) is 2.02. The first kappa shape index (κ1) is 8.10. The van der Waals surface area contributed by atoms with E-state index in [4.69, 9.17) is 4.74 Å². The Morgan fingerprint density at radius 1 is 1.46 bits per heavy atom. The van der Waals surface area contributed by atoms with E-state index in [0.717, 1.165) is 5.56 Å². The van der Waals surface area contributed by atoms with Crippen LogP contribution < -0.4 is 4.74 Å². The molecule has 0 atom stereocenters. The van der Waals surface area contributed by atoms with Gasteiger partial charge in [0, 0.05) is 12.5 Å². The minimum atomic E-state index is 0.0961. The van der Waals surface area contributed by atoms with Gasteiger partial charge in [-0.15, -0.1) is 0 Å². The van der Waals surface area contributed by atoms with Crippen LogP contribution >= 0.6 is 0 Å². The molecule has 0 bridgehead atoms. The number of hydrogen-bond donors (Lipinski definition) is 1. The smallest absolute Gasteiger partial charge is 0.170 e. The second kappa shape index (κ2) is 2.76. The van der Waals surface area contributed by atoms with Crippen molar-refractivity contribution in [2.45, 2.75) is 13.3 Å². The van der Waals surface area contributed by atoms with E-state index >= 15 is 0 Å². The highest BCUT2D eigenvalue weighted by molar-refractivity contribution is 6.01. The van der Waals surface area contributed by atoms with Gasteiger partial charge < -0.3 is 9.84 Å². The first-order chi connectivity index (χ1) is 6.18. The fraction of sp³-hybridized carbons (Fsp3) is 0.300. The van der Waals surface area contributed by atoms with E-state index in [2.05, 4.69) is 0 Å². The Bertz CT molecular complexity index is 369. The highest BCUT2D eigenvalue weighted by atomic mass is 16.5. The van der Waals surface area contributed by atoms with Crippen LogP contribution in [0.15, 0.2) is 12.1 Å². The van der Waals surface area contributed by atoms with E-state index in [1.807, 2.05) is 0 Å². The first-order valence-electron chi connectivity index (χ1n) is 4.18. The van der Waals surface area contributed by atoms with Crippen molar-refractivity contribution < 1.29 is 14.6 Å². The maximum Gasteiger partial charge on any atom is 0.170 e. The molecule has 13 heavy (non-hydrogen) atoms. The third-order valence-corrected chi connectivity index (χ3v) is 2.15. The normalized spacial score (nSPS) is 15.0. The molecule has 1 heterocycles. The lowest BCUT2D eigenvalue weighted by atomic mass is 9.99. The van der Waals surface area contributed by atoms with E-state index in [1.54, 1.807) is 13.0 Å². The monoisotopic (exact) mass is 178 g/mol. The Morgan fingerprint density at radius 3 is 3.00 bits per heavy atom. The molecular formula is C10H10O3. The summed E-state index contributed by atoms with van der Waals surface area (Å²) in [6, 6.07) is 3.06. The molecular weight excluding hydrogens is 168 g/mol. The zero-order valence-electron chi connectivity index (χ0n) is 7.33. The minimum Gasteiger partial charge on any atom is -0.508 e. The summed E-state index contributed by atoms with van der Waals surface area (Å²) < 4.78 is 5.27. The van der Waals surface area contributed by atoms with Gasteiger partial charge in [0.05, 0.1) is 12.2 Å². The molecule has 1 aromatic rings. The van der Waals surface area contributed by atoms with Gasteiger partial charge in [-0.3, -0.25) is 4.79 Å². The van der Waals surface area contributed by atoms with Crippen molar-refractivity contribution in [2.24, 2.45) is 0 Å². The predicted molar refractivity (Wildman–Crippen MR) is 47.3 cm³/mol. The summed E-state index contributed by atoms with van der Waals surface area (Å²) in [6.07, 6.45) is 0.429. The summed E-state index contributed by atoms with van der Waals surface area (Å²) in [6.45, 7) is 2.21. The fourth-order valence-corrected chi connectivity index (χ4v) is 1.59. The zero-order chi connectivity index (χ0) is 9.42. The van der Waals surface area contributed by atoms with Gasteiger partial charge in [-0.25, -0.2) is 0 Å². The highest BCUT2D eigenvalue weighted by Gasteiger charge is 2.21. The number of rotatable bonds is 0. The molecule has 3 nitrogen and oxygen atoms in total. The number of ketones is 1. The third-order valence-electron chi connectivity index (χ3n) is 2.15. The molecule has 1 aromatic carbocycles. The van der Waals surface area contributed by atoms with E-state index in [-0.39, 0.29) is 11.5 Å². The van der Waals surface area contributed by atoms with Crippen molar-refractivity contribution in [3.63, 3.8) is 0 Å². The molecule has 0 fully saturated rings. The van der Waals surface area contributed by atoms with Crippen molar-refractivity contribution >= 4 is 5.78 Å². The SMILES string of the molecule is Cc1cc(O)cc2c1C(=O)CCO2. The topological polar surface area (TPSA) is 46.5 Å². The Balaban J connectivity index is 2.63. The number of Topliss-reactive ketones (excluding diaryl/α,β-unsaturated/α-hetero) is 1. The number of ether oxygens (including phenoxy) is 1. The highest BCUT2D eigenvalue weighted by Crippen LogP contribution is 2.31. The molecule has 2 rings (SSSR count). The quantitative estimate of drug-likeness (QED) is 0.657. The van der Waals surface area contributed by atoms with Crippen LogP contribution in [-0.2, 0) is 0 Å². The predicted octanol–water partition coefficient (Wildman–Crippen LogP) is 1.67. The number of carbonyl (C=O) groups excluding carboxylic acids is 1. The van der Waals surface area contributed by atoms with E-state index < -0.39 is 0 Å². The molecule has 0 saturated carbocycles. The van der Waals surface area contributed by atoms with Crippen molar-refractivity contribution in [2.75, 3.05) is 6.61 Å². The summed E-state index contributed by atoms with van der Waals surface area (Å²) in [7, 11) is 0. The largest absolute Gasteiger partial charge is 0.508 e. The van der Waals surface area contributed by atoms with Crippen molar-refractivity contribution in [3.05, 3.63) is 23.3 Å². The van der Waals surface area contributed by atoms with Crippen LogP contribution in [-0.4, -0.2) is 17.5 Å². The molecule has 1 aliphatic rings. The zero-order valence-corrected chi connectivity index (χ0v) is 7.33. The summed E-state index contributed by atoms with van der Waals surface area (Å²) in [5, 5.41) is 9.26. The van der Waals surface area contributed by atoms with Crippen molar-refractivity contribution in [3.8, 4) is 11.5 Å². The standard InChI is InChI=1S/C10H10O3/c1-6-4-7(11)5-9-10(6)8(12)2-3-13-9/h4-5,11H,2-3H2,1H3. The van der Waals surface area contributed by atoms with Gasteiger partial charge in [0.1, 0.15) is 11.5 Å². The van der Waals surface area contributed by atoms with Crippen LogP contribution in [0.1, 0.15) is 22.3 Å². The molecule has 0 aromatic heterocycles. The van der Waals surface area contributed by atoms with Crippen LogP contribution in [0.2, 0.25) is 0 Å². The molecule has 1 aliphatic heterocycles. The summed E-state index contributed by atoms with van der Waals surface area (Å²) in [5.41, 5.74) is 1.39. The maximum absolute atomic E-state index is 11.5. The van der Waals surface area contributed by atoms with Gasteiger partial charge >= 0.3 is 0 Å². The van der Waals surface area contributed by atoms with Gasteiger partial charge in [0.25, 0.3) is 0 Å². The van der Waals surface area contributed by atoms with Gasteiger partial charge in [0.15, 0.2) is 5.78 Å². The van der Waals surface area contributed by atoms with Gasteiger partial charge in [-0.2, -0.15) is 0 Å². The molecule has 3 heteroatoms. The molecule has 0 amide bonds. The molecule has 68 valence electrons. The van der Waals surface area contributed by atoms with Gasteiger partial charge in [0.2, 0.25) is 0 Å². The fourth-order valence-electron chi connectivity index (χ4n) is 1.59. The number of aryl methyl sites for hydroxylation is 1. The molecule has 1 N–H and O–H groups in total. The maximum atomic E-state index is 11.5. The van der Waals surface area contributed by atoms with E-state index in [0.29, 0.717) is 24.3 Å². The molecule has 0 saturated heterocycles. The van der Waals surface area contributed by atoms with Crippen LogP contribution in [0.4, 0.5) is 0 Å². The Labute approximate surface area is 76.0 Å². The van der Waals surface area contributed by atoms with Crippen LogP contribution in [0.25, 0.3) is 0 Å². The number of carbonyl (C=O) groups is 1. The number of phenols is 1. The van der Waals surface area contributed by atoms with Crippen LogP contribution in [0.5, 0.6) is 11.5 Å². The lowest BCUT2D eigenvalue weighted by Crippen LogP contribution is -2.16. The summed E-state index contributed by atoms with van der Waals surface area (Å²) in [4.78, 5) is 11.5. The van der Waals surface area contributed by atoms with E-state index in [1.165, 1.54) is 6.07 Å². The summed E-state index contributed by atoms with van der Waals surface area (Å²) >= 11 is 0. The van der Waals surface area contributed by atoms with Crippen molar-refractivity contribution in [1.82, 2.24) is 0 Å². The lowest BCUT2D eigenvalue weighted by molar-refractivity contribution is 0.0932. The minimum absolute atomic E-state index is 0.0961. The number of hydrogen-bond acceptors (Lipinski definition) is 3. The molecule has 0 aliphatic carbocycles. The Kier molecular flexibility index (Phi) is 1.72. The Morgan fingerprint density at radius 2 is 2.23 bits per heavy atom. The molecule has 0 radical (unpaired) electrons. The van der Waals surface area contributed by atoms with Crippen LogP contribution in [0.3, 0.4) is 0 Å². The summed E-state index contributed by atoms with van der Waals surface area (Å²) in [5.74, 6) is 0.749. The van der Waals surface area contributed by atoms with Gasteiger partial charge in [-0.1, -0.05) is 0 Å². The number of benzene rings is 1. The second-order valence-electron chi connectivity index (χ2n) is 3.16. The van der Waals surface area contributed by atoms with Crippen LogP contribution in [0, 0.1) is 6.92 Å². The van der Waals surface area contributed by atoms with E-state index in [9.17, 15) is 9.90 Å². The van der Waals surface area contributed by atoms with Crippen molar-refractivity contribution in [1.29, 1.82) is 0 Å². The lowest BCUT2D eigenvalue weighted by Gasteiger charge is -2.18. The number of fused-ring (bicyclic) bond motifs is 1. The molecule has 0 unspecified atom stereocenters. The second-order valence-corrected chi connectivity index (χ2v) is 3.16. The van der Waals surface area contributed by atoms with Gasteiger partial charge in [-0.05, 0) is 18.6 Å². The Hall–Kier alpha value is -1.51. The number of phenolic OH excluding ortho intramolecular Hbond substituents is 1. The number of aromatic hydroxyl groups is 1. The molecule has 0 spiro atoms.